The van der Waals surface area contributed by atoms with Crippen molar-refractivity contribution < 1.29 is 22.7 Å². The van der Waals surface area contributed by atoms with Gasteiger partial charge in [-0.2, -0.15) is 4.31 Å². The highest BCUT2D eigenvalue weighted by atomic mass is 32.2. The second-order valence-electron chi connectivity index (χ2n) is 9.14. The third-order valence-corrected chi connectivity index (χ3v) is 8.70. The Morgan fingerprint density at radius 3 is 2.40 bits per heavy atom. The van der Waals surface area contributed by atoms with Gasteiger partial charge in [-0.05, 0) is 51.3 Å². The van der Waals surface area contributed by atoms with Gasteiger partial charge in [0.25, 0.3) is 0 Å². The van der Waals surface area contributed by atoms with Gasteiger partial charge in [-0.1, -0.05) is 12.1 Å². The van der Waals surface area contributed by atoms with Gasteiger partial charge < -0.3 is 19.5 Å². The lowest BCUT2D eigenvalue weighted by Crippen LogP contribution is -2.45. The second-order valence-corrected chi connectivity index (χ2v) is 11.0. The standard InChI is InChI=1S/C25H36N4O5S/c1-7-34-25(31)22-17(2)28(6)18(3)23(22)35(32,33)29-14-8-9-20(16-29)24(30)26-15-19-10-12-21(13-11-19)27(4)5/h10-13,20H,7-9,14-16H2,1-6H3,(H,26,30)/t20-/m0/s1. The summed E-state index contributed by atoms with van der Waals surface area (Å²) in [5.41, 5.74) is 3.12. The molecule has 1 atom stereocenters. The summed E-state index contributed by atoms with van der Waals surface area (Å²) in [5.74, 6) is -1.29. The number of rotatable bonds is 8. The number of anilines is 1. The van der Waals surface area contributed by atoms with Gasteiger partial charge in [-0.3, -0.25) is 4.79 Å². The molecule has 0 aliphatic carbocycles. The van der Waals surface area contributed by atoms with Crippen molar-refractivity contribution in [1.82, 2.24) is 14.2 Å². The number of esters is 1. The highest BCUT2D eigenvalue weighted by Crippen LogP contribution is 2.32. The van der Waals surface area contributed by atoms with Crippen LogP contribution in [0.25, 0.3) is 0 Å². The van der Waals surface area contributed by atoms with Crippen LogP contribution in [0, 0.1) is 19.8 Å². The Kier molecular flexibility index (Phi) is 8.27. The number of carbonyl (C=O) groups is 2. The summed E-state index contributed by atoms with van der Waals surface area (Å²) < 4.78 is 35.6. The molecule has 0 saturated carbocycles. The van der Waals surface area contributed by atoms with Crippen LogP contribution in [0.1, 0.15) is 47.1 Å². The Labute approximate surface area is 208 Å². The van der Waals surface area contributed by atoms with Crippen LogP contribution in [0.3, 0.4) is 0 Å². The first kappa shape index (κ1) is 26.7. The van der Waals surface area contributed by atoms with E-state index in [1.165, 1.54) is 4.31 Å². The molecule has 2 heterocycles. The number of nitrogens with one attached hydrogen (secondary N) is 1. The Balaban J connectivity index is 1.76. The number of sulfonamides is 1. The quantitative estimate of drug-likeness (QED) is 0.555. The Hall–Kier alpha value is -2.85. The van der Waals surface area contributed by atoms with E-state index in [2.05, 4.69) is 5.32 Å². The summed E-state index contributed by atoms with van der Waals surface area (Å²) in [5, 5.41) is 2.95. The van der Waals surface area contributed by atoms with Gasteiger partial charge in [0.15, 0.2) is 0 Å². The van der Waals surface area contributed by atoms with Crippen LogP contribution in [0.5, 0.6) is 0 Å². The zero-order valence-electron chi connectivity index (χ0n) is 21.4. The molecule has 1 fully saturated rings. The Morgan fingerprint density at radius 2 is 1.80 bits per heavy atom. The molecule has 1 aromatic carbocycles. The minimum atomic E-state index is -4.01. The lowest BCUT2D eigenvalue weighted by molar-refractivity contribution is -0.126. The Bertz CT molecular complexity index is 1190. The first-order valence-electron chi connectivity index (χ1n) is 11.9. The van der Waals surface area contributed by atoms with E-state index in [-0.39, 0.29) is 29.5 Å². The van der Waals surface area contributed by atoms with E-state index in [1.54, 1.807) is 32.4 Å². The number of ether oxygens (including phenoxy) is 1. The van der Waals surface area contributed by atoms with E-state index in [0.717, 1.165) is 11.3 Å². The molecule has 0 bridgehead atoms. The molecule has 0 radical (unpaired) electrons. The van der Waals surface area contributed by atoms with E-state index < -0.39 is 21.9 Å². The van der Waals surface area contributed by atoms with Gasteiger partial charge in [-0.15, -0.1) is 0 Å². The van der Waals surface area contributed by atoms with Crippen molar-refractivity contribution in [3.8, 4) is 0 Å². The molecule has 1 aliphatic rings. The topological polar surface area (TPSA) is 101 Å². The molecule has 1 amide bonds. The number of nitrogens with zero attached hydrogens (tertiary/aromatic N) is 3. The van der Waals surface area contributed by atoms with E-state index in [0.29, 0.717) is 37.3 Å². The molecule has 192 valence electrons. The van der Waals surface area contributed by atoms with Crippen LogP contribution in [0.2, 0.25) is 0 Å². The molecule has 9 nitrogen and oxygen atoms in total. The number of piperidine rings is 1. The van der Waals surface area contributed by atoms with Gasteiger partial charge in [0, 0.05) is 57.9 Å². The molecule has 0 spiro atoms. The smallest absolute Gasteiger partial charge is 0.341 e. The second kappa shape index (κ2) is 10.8. The summed E-state index contributed by atoms with van der Waals surface area (Å²) >= 11 is 0. The maximum absolute atomic E-state index is 13.7. The van der Waals surface area contributed by atoms with Gasteiger partial charge in [0.1, 0.15) is 10.5 Å². The van der Waals surface area contributed by atoms with Crippen molar-refractivity contribution in [3.05, 3.63) is 46.8 Å². The molecule has 10 heteroatoms. The van der Waals surface area contributed by atoms with Crippen molar-refractivity contribution in [3.63, 3.8) is 0 Å². The third kappa shape index (κ3) is 5.54. The molecule has 2 aromatic rings. The van der Waals surface area contributed by atoms with Crippen LogP contribution in [0.4, 0.5) is 5.69 Å². The van der Waals surface area contributed by atoms with E-state index >= 15 is 0 Å². The van der Waals surface area contributed by atoms with Crippen molar-refractivity contribution in [2.24, 2.45) is 13.0 Å². The SMILES string of the molecule is CCOC(=O)c1c(S(=O)(=O)N2CCC[C@H](C(=O)NCc3ccc(N(C)C)cc3)C2)c(C)n(C)c1C. The van der Waals surface area contributed by atoms with Crippen LogP contribution in [-0.2, 0) is 33.1 Å². The lowest BCUT2D eigenvalue weighted by Gasteiger charge is -2.31. The normalized spacial score (nSPS) is 16.7. The average molecular weight is 505 g/mol. The predicted molar refractivity (Wildman–Crippen MR) is 135 cm³/mol. The summed E-state index contributed by atoms with van der Waals surface area (Å²) in [6.45, 7) is 5.96. The molecule has 1 aliphatic heterocycles. The van der Waals surface area contributed by atoms with Crippen LogP contribution >= 0.6 is 0 Å². The number of benzene rings is 1. The van der Waals surface area contributed by atoms with Crippen molar-refractivity contribution in [2.45, 2.75) is 45.1 Å². The van der Waals surface area contributed by atoms with Gasteiger partial charge in [-0.25, -0.2) is 13.2 Å². The van der Waals surface area contributed by atoms with Crippen molar-refractivity contribution >= 4 is 27.6 Å². The lowest BCUT2D eigenvalue weighted by atomic mass is 9.98. The maximum atomic E-state index is 13.7. The molecule has 1 N–H and O–H groups in total. The molecule has 1 saturated heterocycles. The number of hydrogen-bond donors (Lipinski definition) is 1. The largest absolute Gasteiger partial charge is 0.462 e. The summed E-state index contributed by atoms with van der Waals surface area (Å²) in [7, 11) is 1.65. The predicted octanol–water partition coefficient (Wildman–Crippen LogP) is 2.60. The zero-order valence-corrected chi connectivity index (χ0v) is 22.2. The van der Waals surface area contributed by atoms with Crippen molar-refractivity contribution in [2.75, 3.05) is 38.7 Å². The van der Waals surface area contributed by atoms with E-state index in [9.17, 15) is 18.0 Å². The fourth-order valence-electron chi connectivity index (χ4n) is 4.43. The molecule has 0 unspecified atom stereocenters. The number of hydrogen-bond acceptors (Lipinski definition) is 6. The monoisotopic (exact) mass is 504 g/mol. The molecule has 3 rings (SSSR count). The molecule has 1 aromatic heterocycles. The summed E-state index contributed by atoms with van der Waals surface area (Å²) in [4.78, 5) is 27.5. The van der Waals surface area contributed by atoms with Crippen LogP contribution in [0.15, 0.2) is 29.2 Å². The van der Waals surface area contributed by atoms with Crippen LogP contribution in [-0.4, -0.2) is 63.0 Å². The minimum absolute atomic E-state index is 0.0296. The maximum Gasteiger partial charge on any atom is 0.341 e. The summed E-state index contributed by atoms with van der Waals surface area (Å²) in [6, 6.07) is 7.90. The average Bonchev–Trinajstić information content (AvgIpc) is 3.07. The van der Waals surface area contributed by atoms with Crippen molar-refractivity contribution in [1.29, 1.82) is 0 Å². The minimum Gasteiger partial charge on any atom is -0.462 e. The summed E-state index contributed by atoms with van der Waals surface area (Å²) in [6.07, 6.45) is 1.17. The fourth-order valence-corrected chi connectivity index (χ4v) is 6.43. The van der Waals surface area contributed by atoms with E-state index in [4.69, 9.17) is 4.74 Å². The van der Waals surface area contributed by atoms with Gasteiger partial charge in [0.2, 0.25) is 15.9 Å². The first-order chi connectivity index (χ1) is 16.5. The number of carbonyl (C=O) groups excluding carboxylic acids is 2. The highest BCUT2D eigenvalue weighted by Gasteiger charge is 2.38. The van der Waals surface area contributed by atoms with Crippen LogP contribution < -0.4 is 10.2 Å². The Morgan fingerprint density at radius 1 is 1.14 bits per heavy atom. The molecular formula is C25H36N4O5S. The zero-order chi connectivity index (χ0) is 25.9. The number of aromatic nitrogens is 1. The third-order valence-electron chi connectivity index (χ3n) is 6.68. The van der Waals surface area contributed by atoms with Gasteiger partial charge in [0.05, 0.1) is 12.5 Å². The first-order valence-corrected chi connectivity index (χ1v) is 13.3. The van der Waals surface area contributed by atoms with E-state index in [1.807, 2.05) is 43.3 Å². The molecular weight excluding hydrogens is 468 g/mol. The fraction of sp³-hybridized carbons (Fsp3) is 0.520. The molecule has 35 heavy (non-hydrogen) atoms. The highest BCUT2D eigenvalue weighted by molar-refractivity contribution is 7.89. The van der Waals surface area contributed by atoms with Gasteiger partial charge >= 0.3 is 5.97 Å². The number of amides is 1.